The normalized spacial score (nSPS) is 28.6. The van der Waals surface area contributed by atoms with Crippen LogP contribution < -0.4 is 5.32 Å². The van der Waals surface area contributed by atoms with E-state index in [0.717, 1.165) is 33.4 Å². The molecule has 3 heterocycles. The summed E-state index contributed by atoms with van der Waals surface area (Å²) in [5, 5.41) is 4.65. The Morgan fingerprint density at radius 1 is 0.923 bits per heavy atom. The maximum atomic E-state index is 13.0. The van der Waals surface area contributed by atoms with Crippen LogP contribution in [-0.2, 0) is 9.59 Å². The minimum Gasteiger partial charge on any atom is -0.376 e. The number of imide groups is 1. The summed E-state index contributed by atoms with van der Waals surface area (Å²) in [6, 6.07) is 16.2. The predicted octanol–water partition coefficient (Wildman–Crippen LogP) is 3.13. The van der Waals surface area contributed by atoms with Gasteiger partial charge < -0.3 is 10.3 Å². The second kappa shape index (κ2) is 4.55. The molecule has 1 aliphatic carbocycles. The first-order chi connectivity index (χ1) is 12.7. The van der Waals surface area contributed by atoms with Crippen molar-refractivity contribution < 1.29 is 9.59 Å². The number of benzene rings is 2. The first-order valence-electron chi connectivity index (χ1n) is 8.94. The Morgan fingerprint density at radius 2 is 1.69 bits per heavy atom. The van der Waals surface area contributed by atoms with Gasteiger partial charge in [-0.25, -0.2) is 0 Å². The van der Waals surface area contributed by atoms with Crippen LogP contribution in [0.2, 0.25) is 0 Å². The Bertz CT molecular complexity index is 1120. The molecule has 3 aromatic rings. The standard InChI is InChI=1S/C21H17N3O2/c1-24-20(25)16-14-10-6-2-4-8-12(10)22-18(14)19-15(17(16)21(24)26)11-7-3-5-9-13(11)23-19/h2-9,14,16-18,22-23H,1H3/t14-,16+,17-,18-/m0/s1. The number of likely N-dealkylation sites (N-methyl/N-ethyl adjacent to an activating group) is 1. The fraction of sp³-hybridized carbons (Fsp3) is 0.238. The van der Waals surface area contributed by atoms with E-state index in [2.05, 4.69) is 22.4 Å². The highest BCUT2D eigenvalue weighted by Crippen LogP contribution is 2.59. The number of nitrogens with one attached hydrogen (secondary N) is 2. The van der Waals surface area contributed by atoms with Crippen molar-refractivity contribution >= 4 is 28.4 Å². The van der Waals surface area contributed by atoms with Crippen LogP contribution in [0.5, 0.6) is 0 Å². The van der Waals surface area contributed by atoms with Gasteiger partial charge in [0.15, 0.2) is 0 Å². The van der Waals surface area contributed by atoms with E-state index in [4.69, 9.17) is 0 Å². The van der Waals surface area contributed by atoms with Crippen LogP contribution in [0.25, 0.3) is 10.9 Å². The van der Waals surface area contributed by atoms with Gasteiger partial charge in [-0.05, 0) is 23.3 Å². The molecule has 1 aromatic heterocycles. The third-order valence-electron chi connectivity index (χ3n) is 6.35. The topological polar surface area (TPSA) is 65.2 Å². The predicted molar refractivity (Wildman–Crippen MR) is 97.9 cm³/mol. The maximum absolute atomic E-state index is 13.0. The molecule has 0 spiro atoms. The lowest BCUT2D eigenvalue weighted by atomic mass is 9.68. The van der Waals surface area contributed by atoms with Crippen molar-refractivity contribution in [2.24, 2.45) is 5.92 Å². The summed E-state index contributed by atoms with van der Waals surface area (Å²) in [4.78, 5) is 30.9. The molecule has 1 saturated heterocycles. The van der Waals surface area contributed by atoms with Crippen molar-refractivity contribution in [3.8, 4) is 0 Å². The molecule has 26 heavy (non-hydrogen) atoms. The maximum Gasteiger partial charge on any atom is 0.237 e. The average molecular weight is 343 g/mol. The molecule has 2 amide bonds. The number of hydrogen-bond acceptors (Lipinski definition) is 3. The fourth-order valence-electron chi connectivity index (χ4n) is 5.27. The highest BCUT2D eigenvalue weighted by molar-refractivity contribution is 6.10. The summed E-state index contributed by atoms with van der Waals surface area (Å²) in [5.41, 5.74) is 5.25. The molecule has 0 unspecified atom stereocenters. The second-order valence-corrected chi connectivity index (χ2v) is 7.47. The van der Waals surface area contributed by atoms with Gasteiger partial charge in [0, 0.05) is 35.2 Å². The van der Waals surface area contributed by atoms with Crippen LogP contribution in [0.15, 0.2) is 48.5 Å². The Balaban J connectivity index is 1.69. The Morgan fingerprint density at radius 3 is 2.58 bits per heavy atom. The molecule has 0 bridgehead atoms. The number of carbonyl (C=O) groups excluding carboxylic acids is 2. The number of amides is 2. The molecule has 2 aromatic carbocycles. The number of aromatic nitrogens is 1. The van der Waals surface area contributed by atoms with Crippen LogP contribution >= 0.6 is 0 Å². The zero-order valence-corrected chi connectivity index (χ0v) is 14.2. The molecule has 0 saturated carbocycles. The van der Waals surface area contributed by atoms with Gasteiger partial charge in [-0.15, -0.1) is 0 Å². The lowest BCUT2D eigenvalue weighted by Gasteiger charge is -2.33. The fourth-order valence-corrected chi connectivity index (χ4v) is 5.27. The second-order valence-electron chi connectivity index (χ2n) is 7.47. The largest absolute Gasteiger partial charge is 0.376 e. The molecule has 4 atom stereocenters. The summed E-state index contributed by atoms with van der Waals surface area (Å²) in [5.74, 6) is -0.940. The number of rotatable bonds is 0. The van der Waals surface area contributed by atoms with Gasteiger partial charge in [0.05, 0.1) is 17.9 Å². The molecule has 5 nitrogen and oxygen atoms in total. The van der Waals surface area contributed by atoms with E-state index < -0.39 is 5.92 Å². The smallest absolute Gasteiger partial charge is 0.237 e. The summed E-state index contributed by atoms with van der Waals surface area (Å²) < 4.78 is 0. The molecule has 6 rings (SSSR count). The Hall–Kier alpha value is -3.08. The summed E-state index contributed by atoms with van der Waals surface area (Å²) in [7, 11) is 1.61. The number of likely N-dealkylation sites (tertiary alicyclic amines) is 1. The van der Waals surface area contributed by atoms with E-state index >= 15 is 0 Å². The Kier molecular flexibility index (Phi) is 2.47. The van der Waals surface area contributed by atoms with Crippen molar-refractivity contribution in [2.45, 2.75) is 17.9 Å². The van der Waals surface area contributed by atoms with Crippen LogP contribution in [0.3, 0.4) is 0 Å². The van der Waals surface area contributed by atoms with Crippen molar-refractivity contribution in [1.82, 2.24) is 9.88 Å². The van der Waals surface area contributed by atoms with Gasteiger partial charge in [0.2, 0.25) is 11.8 Å². The first-order valence-corrected chi connectivity index (χ1v) is 8.94. The third kappa shape index (κ3) is 1.48. The van der Waals surface area contributed by atoms with Gasteiger partial charge >= 0.3 is 0 Å². The molecule has 128 valence electrons. The zero-order valence-electron chi connectivity index (χ0n) is 14.2. The highest BCUT2D eigenvalue weighted by atomic mass is 16.2. The number of para-hydroxylation sites is 2. The van der Waals surface area contributed by atoms with E-state index in [1.807, 2.05) is 36.4 Å². The lowest BCUT2D eigenvalue weighted by molar-refractivity contribution is -0.138. The van der Waals surface area contributed by atoms with Gasteiger partial charge in [0.25, 0.3) is 0 Å². The third-order valence-corrected chi connectivity index (χ3v) is 6.35. The number of carbonyl (C=O) groups is 2. The first kappa shape index (κ1) is 14.1. The van der Waals surface area contributed by atoms with E-state index in [1.165, 1.54) is 4.90 Å². The summed E-state index contributed by atoms with van der Waals surface area (Å²) in [6.07, 6.45) is 0. The molecule has 0 radical (unpaired) electrons. The number of anilines is 1. The van der Waals surface area contributed by atoms with Gasteiger partial charge in [-0.3, -0.25) is 14.5 Å². The van der Waals surface area contributed by atoms with Crippen molar-refractivity contribution in [2.75, 3.05) is 12.4 Å². The highest BCUT2D eigenvalue weighted by Gasteiger charge is 2.59. The van der Waals surface area contributed by atoms with Crippen LogP contribution in [0, 0.1) is 5.92 Å². The summed E-state index contributed by atoms with van der Waals surface area (Å²) in [6.45, 7) is 0. The summed E-state index contributed by atoms with van der Waals surface area (Å²) >= 11 is 0. The number of nitrogens with zero attached hydrogens (tertiary/aromatic N) is 1. The number of fused-ring (bicyclic) bond motifs is 10. The minimum absolute atomic E-state index is 0.0145. The van der Waals surface area contributed by atoms with Gasteiger partial charge in [-0.1, -0.05) is 36.4 Å². The monoisotopic (exact) mass is 343 g/mol. The molecular weight excluding hydrogens is 326 g/mol. The molecule has 3 aliphatic rings. The minimum atomic E-state index is -0.409. The number of hydrogen-bond donors (Lipinski definition) is 2. The van der Waals surface area contributed by atoms with Crippen molar-refractivity contribution in [3.63, 3.8) is 0 Å². The van der Waals surface area contributed by atoms with E-state index in [-0.39, 0.29) is 29.7 Å². The number of aromatic amines is 1. The quantitative estimate of drug-likeness (QED) is 0.616. The number of H-pyrrole nitrogens is 1. The zero-order chi connectivity index (χ0) is 17.6. The van der Waals surface area contributed by atoms with Crippen LogP contribution in [0.4, 0.5) is 5.69 Å². The van der Waals surface area contributed by atoms with Gasteiger partial charge in [0.1, 0.15) is 0 Å². The van der Waals surface area contributed by atoms with Crippen LogP contribution in [0.1, 0.15) is 34.7 Å². The van der Waals surface area contributed by atoms with E-state index in [1.54, 1.807) is 7.05 Å². The molecule has 5 heteroatoms. The lowest BCUT2D eigenvalue weighted by Crippen LogP contribution is -2.33. The molecular formula is C21H17N3O2. The average Bonchev–Trinajstić information content (AvgIpc) is 3.29. The van der Waals surface area contributed by atoms with Gasteiger partial charge in [-0.2, -0.15) is 0 Å². The Labute approximate surface area is 150 Å². The van der Waals surface area contributed by atoms with Crippen molar-refractivity contribution in [3.05, 3.63) is 65.4 Å². The van der Waals surface area contributed by atoms with E-state index in [0.29, 0.717) is 0 Å². The molecule has 1 fully saturated rings. The van der Waals surface area contributed by atoms with Crippen molar-refractivity contribution in [1.29, 1.82) is 0 Å². The molecule has 2 N–H and O–H groups in total. The van der Waals surface area contributed by atoms with Crippen LogP contribution in [-0.4, -0.2) is 28.7 Å². The van der Waals surface area contributed by atoms with E-state index in [9.17, 15) is 9.59 Å². The SMILES string of the molecule is CN1C(=O)[C@@H]2[C@@H]3c4ccccc4N[C@@H]3c3[nH]c4ccccc4c3[C@@H]2C1=O. The molecule has 2 aliphatic heterocycles.